The van der Waals surface area contributed by atoms with Crippen LogP contribution in [0.1, 0.15) is 23.7 Å². The monoisotopic (exact) mass is 307 g/mol. The van der Waals surface area contributed by atoms with Gasteiger partial charge in [0, 0.05) is 35.5 Å². The summed E-state index contributed by atoms with van der Waals surface area (Å²) >= 11 is 3.51. The summed E-state index contributed by atoms with van der Waals surface area (Å²) in [5, 5.41) is 7.89. The van der Waals surface area contributed by atoms with E-state index in [1.54, 1.807) is 0 Å². The Hall–Kier alpha value is -1.29. The second kappa shape index (κ2) is 5.57. The molecule has 0 aliphatic carbocycles. The van der Waals surface area contributed by atoms with Gasteiger partial charge in [0.25, 0.3) is 0 Å². The minimum Gasteiger partial charge on any atom is -0.381 e. The van der Waals surface area contributed by atoms with Crippen molar-refractivity contribution in [1.29, 1.82) is 0 Å². The van der Waals surface area contributed by atoms with Crippen molar-refractivity contribution in [2.45, 2.75) is 26.8 Å². The summed E-state index contributed by atoms with van der Waals surface area (Å²) < 4.78 is 2.98. The molecule has 2 aromatic rings. The number of hydrogen-bond acceptors (Lipinski definition) is 2. The Morgan fingerprint density at radius 1 is 1.33 bits per heavy atom. The van der Waals surface area contributed by atoms with Crippen LogP contribution < -0.4 is 5.32 Å². The van der Waals surface area contributed by atoms with E-state index in [2.05, 4.69) is 64.6 Å². The highest BCUT2D eigenvalue weighted by Crippen LogP contribution is 2.20. The molecule has 18 heavy (non-hydrogen) atoms. The summed E-state index contributed by atoms with van der Waals surface area (Å²) in [5.41, 5.74) is 4.80. The molecule has 0 atom stereocenters. The fraction of sp³-hybridized carbons (Fsp3) is 0.357. The van der Waals surface area contributed by atoms with Gasteiger partial charge < -0.3 is 5.32 Å². The van der Waals surface area contributed by atoms with E-state index in [0.29, 0.717) is 0 Å². The number of nitrogens with one attached hydrogen (secondary N) is 1. The third kappa shape index (κ3) is 3.13. The second-order valence-electron chi connectivity index (χ2n) is 4.50. The third-order valence-corrected chi connectivity index (χ3v) is 3.31. The molecule has 1 aromatic heterocycles. The van der Waals surface area contributed by atoms with Gasteiger partial charge in [-0.1, -0.05) is 22.9 Å². The molecule has 0 bridgehead atoms. The number of benzene rings is 1. The van der Waals surface area contributed by atoms with Crippen LogP contribution in [0.15, 0.2) is 28.9 Å². The summed E-state index contributed by atoms with van der Waals surface area (Å²) in [4.78, 5) is 0. The fourth-order valence-corrected chi connectivity index (χ4v) is 2.67. The summed E-state index contributed by atoms with van der Waals surface area (Å²) in [6.07, 6.45) is 3.05. The van der Waals surface area contributed by atoms with E-state index in [-0.39, 0.29) is 0 Å². The zero-order chi connectivity index (χ0) is 13.1. The highest BCUT2D eigenvalue weighted by Gasteiger charge is 2.05. The van der Waals surface area contributed by atoms with Crippen molar-refractivity contribution in [2.75, 3.05) is 5.32 Å². The van der Waals surface area contributed by atoms with Crippen LogP contribution >= 0.6 is 15.9 Å². The molecule has 0 fully saturated rings. The van der Waals surface area contributed by atoms with Crippen LogP contribution in [0.25, 0.3) is 0 Å². The molecule has 1 N–H and O–H groups in total. The minimum atomic E-state index is 0.812. The van der Waals surface area contributed by atoms with Crippen molar-refractivity contribution in [2.24, 2.45) is 7.05 Å². The van der Waals surface area contributed by atoms with E-state index < -0.39 is 0 Å². The van der Waals surface area contributed by atoms with Gasteiger partial charge in [0.1, 0.15) is 0 Å². The average Bonchev–Trinajstić information content (AvgIpc) is 2.66. The van der Waals surface area contributed by atoms with Gasteiger partial charge in [-0.2, -0.15) is 5.10 Å². The smallest absolute Gasteiger partial charge is 0.0671 e. The standard InChI is InChI=1S/C14H18BrN3/c1-4-14-11(9-18(3)17-14)8-16-13-6-10(2)5-12(15)7-13/h5-7,9,16H,4,8H2,1-3H3. The lowest BCUT2D eigenvalue weighted by Crippen LogP contribution is -2.01. The number of nitrogens with zero attached hydrogens (tertiary/aromatic N) is 2. The molecule has 1 aromatic carbocycles. The first kappa shape index (κ1) is 13.1. The first-order valence-corrected chi connectivity index (χ1v) is 6.90. The van der Waals surface area contributed by atoms with Gasteiger partial charge in [-0.3, -0.25) is 4.68 Å². The first-order chi connectivity index (χ1) is 8.58. The van der Waals surface area contributed by atoms with Gasteiger partial charge in [-0.05, 0) is 37.1 Å². The van der Waals surface area contributed by atoms with Crippen molar-refractivity contribution in [3.63, 3.8) is 0 Å². The predicted molar refractivity (Wildman–Crippen MR) is 78.8 cm³/mol. The lowest BCUT2D eigenvalue weighted by molar-refractivity contribution is 0.746. The Kier molecular flexibility index (Phi) is 4.07. The number of hydrogen-bond donors (Lipinski definition) is 1. The molecule has 4 heteroatoms. The zero-order valence-electron chi connectivity index (χ0n) is 11.0. The second-order valence-corrected chi connectivity index (χ2v) is 5.41. The molecule has 0 saturated heterocycles. The van der Waals surface area contributed by atoms with Gasteiger partial charge in [0.05, 0.1) is 5.69 Å². The van der Waals surface area contributed by atoms with Crippen LogP contribution in [-0.4, -0.2) is 9.78 Å². The van der Waals surface area contributed by atoms with Gasteiger partial charge in [0.2, 0.25) is 0 Å². The van der Waals surface area contributed by atoms with E-state index in [1.165, 1.54) is 11.1 Å². The molecule has 0 spiro atoms. The lowest BCUT2D eigenvalue weighted by Gasteiger charge is -2.07. The van der Waals surface area contributed by atoms with Crippen molar-refractivity contribution < 1.29 is 0 Å². The third-order valence-electron chi connectivity index (χ3n) is 2.85. The fourth-order valence-electron chi connectivity index (χ4n) is 2.06. The number of halogens is 1. The minimum absolute atomic E-state index is 0.812. The zero-order valence-corrected chi connectivity index (χ0v) is 12.6. The van der Waals surface area contributed by atoms with Gasteiger partial charge in [-0.25, -0.2) is 0 Å². The number of rotatable bonds is 4. The number of anilines is 1. The molecular weight excluding hydrogens is 290 g/mol. The summed E-state index contributed by atoms with van der Waals surface area (Å²) in [7, 11) is 1.96. The topological polar surface area (TPSA) is 29.9 Å². The number of aryl methyl sites for hydroxylation is 3. The maximum absolute atomic E-state index is 4.44. The van der Waals surface area contributed by atoms with Crippen molar-refractivity contribution >= 4 is 21.6 Å². The SMILES string of the molecule is CCc1nn(C)cc1CNc1cc(C)cc(Br)c1. The quantitative estimate of drug-likeness (QED) is 0.934. The molecule has 2 rings (SSSR count). The van der Waals surface area contributed by atoms with Crippen LogP contribution in [0.3, 0.4) is 0 Å². The average molecular weight is 308 g/mol. The molecule has 3 nitrogen and oxygen atoms in total. The summed E-state index contributed by atoms with van der Waals surface area (Å²) in [6.45, 7) is 5.04. The predicted octanol–water partition coefficient (Wildman–Crippen LogP) is 3.67. The molecule has 0 unspecified atom stereocenters. The highest BCUT2D eigenvalue weighted by molar-refractivity contribution is 9.10. The van der Waals surface area contributed by atoms with Gasteiger partial charge in [-0.15, -0.1) is 0 Å². The van der Waals surface area contributed by atoms with E-state index in [4.69, 9.17) is 0 Å². The molecule has 0 aliphatic heterocycles. The van der Waals surface area contributed by atoms with Crippen LogP contribution in [-0.2, 0) is 20.0 Å². The Morgan fingerprint density at radius 3 is 2.78 bits per heavy atom. The molecule has 96 valence electrons. The Balaban J connectivity index is 2.11. The molecule has 0 amide bonds. The lowest BCUT2D eigenvalue weighted by atomic mass is 10.2. The maximum atomic E-state index is 4.44. The van der Waals surface area contributed by atoms with E-state index in [0.717, 1.165) is 28.8 Å². The van der Waals surface area contributed by atoms with Crippen molar-refractivity contribution in [3.8, 4) is 0 Å². The largest absolute Gasteiger partial charge is 0.381 e. The normalized spacial score (nSPS) is 10.7. The van der Waals surface area contributed by atoms with Crippen LogP contribution in [0.5, 0.6) is 0 Å². The summed E-state index contributed by atoms with van der Waals surface area (Å²) in [5.74, 6) is 0. The molecular formula is C14H18BrN3. The van der Waals surface area contributed by atoms with Gasteiger partial charge >= 0.3 is 0 Å². The molecule has 1 heterocycles. The summed E-state index contributed by atoms with van der Waals surface area (Å²) in [6, 6.07) is 6.34. The van der Waals surface area contributed by atoms with E-state index in [1.807, 2.05) is 11.7 Å². The van der Waals surface area contributed by atoms with Crippen molar-refractivity contribution in [1.82, 2.24) is 9.78 Å². The van der Waals surface area contributed by atoms with Crippen LogP contribution in [0, 0.1) is 6.92 Å². The van der Waals surface area contributed by atoms with Crippen LogP contribution in [0.2, 0.25) is 0 Å². The maximum Gasteiger partial charge on any atom is 0.0671 e. The Morgan fingerprint density at radius 2 is 2.11 bits per heavy atom. The van der Waals surface area contributed by atoms with E-state index in [9.17, 15) is 0 Å². The molecule has 0 saturated carbocycles. The highest BCUT2D eigenvalue weighted by atomic mass is 79.9. The Labute approximate surface area is 116 Å². The van der Waals surface area contributed by atoms with Crippen molar-refractivity contribution in [3.05, 3.63) is 45.7 Å². The molecule has 0 radical (unpaired) electrons. The molecule has 0 aliphatic rings. The number of aromatic nitrogens is 2. The first-order valence-electron chi connectivity index (χ1n) is 6.11. The van der Waals surface area contributed by atoms with E-state index >= 15 is 0 Å². The van der Waals surface area contributed by atoms with Crippen LogP contribution in [0.4, 0.5) is 5.69 Å². The van der Waals surface area contributed by atoms with Gasteiger partial charge in [0.15, 0.2) is 0 Å². The Bertz CT molecular complexity index is 526.